The Balaban J connectivity index is 3.23. The second-order valence-electron chi connectivity index (χ2n) is 9.61. The quantitative estimate of drug-likeness (QED) is 0.548. The number of nitrogens with zero attached hydrogens (tertiary/aromatic N) is 1. The van der Waals surface area contributed by atoms with Crippen LogP contribution in [-0.4, -0.2) is 48.5 Å². The standard InChI is InChI=1S/C21H39NO3Si/c1-17(13-15-23)22(20(24)25-21(2,3)4)19(14-16-26(5,6)7)18-11-9-8-10-12-18/h17-19,23H,8-13,15H2,1-7H3/t17-,19-/m0/s1. The lowest BCUT2D eigenvalue weighted by Gasteiger charge is -2.40. The van der Waals surface area contributed by atoms with E-state index in [1.165, 1.54) is 19.3 Å². The molecule has 5 heteroatoms. The molecule has 1 aliphatic rings. The lowest BCUT2D eigenvalue weighted by Crippen LogP contribution is -2.51. The van der Waals surface area contributed by atoms with Crippen molar-refractivity contribution in [3.8, 4) is 11.5 Å². The summed E-state index contributed by atoms with van der Waals surface area (Å²) in [4.78, 5) is 14.9. The van der Waals surface area contributed by atoms with E-state index in [1.807, 2.05) is 32.6 Å². The molecule has 2 atom stereocenters. The molecule has 1 aliphatic carbocycles. The van der Waals surface area contributed by atoms with Crippen LogP contribution in [0.5, 0.6) is 0 Å². The fraction of sp³-hybridized carbons (Fsp3) is 0.857. The Labute approximate surface area is 161 Å². The maximum Gasteiger partial charge on any atom is 0.411 e. The fourth-order valence-electron chi connectivity index (χ4n) is 3.36. The number of rotatable bonds is 5. The van der Waals surface area contributed by atoms with E-state index >= 15 is 0 Å². The Hall–Kier alpha value is -0.993. The van der Waals surface area contributed by atoms with E-state index in [9.17, 15) is 9.90 Å². The predicted octanol–water partition coefficient (Wildman–Crippen LogP) is 4.82. The molecule has 150 valence electrons. The van der Waals surface area contributed by atoms with Gasteiger partial charge in [-0.2, -0.15) is 0 Å². The van der Waals surface area contributed by atoms with E-state index in [-0.39, 0.29) is 24.8 Å². The van der Waals surface area contributed by atoms with Crippen molar-refractivity contribution in [3.63, 3.8) is 0 Å². The van der Waals surface area contributed by atoms with Crippen LogP contribution in [0.15, 0.2) is 0 Å². The number of carbonyl (C=O) groups excluding carboxylic acids is 1. The third kappa shape index (κ3) is 8.14. The highest BCUT2D eigenvalue weighted by atomic mass is 28.3. The van der Waals surface area contributed by atoms with Crippen LogP contribution in [0, 0.1) is 17.4 Å². The molecular weight excluding hydrogens is 342 g/mol. The zero-order chi connectivity index (χ0) is 20.0. The monoisotopic (exact) mass is 381 g/mol. The molecule has 0 radical (unpaired) electrons. The van der Waals surface area contributed by atoms with Crippen molar-refractivity contribution in [1.82, 2.24) is 4.90 Å². The van der Waals surface area contributed by atoms with Crippen molar-refractivity contribution in [2.24, 2.45) is 5.92 Å². The summed E-state index contributed by atoms with van der Waals surface area (Å²) in [7, 11) is -1.55. The highest BCUT2D eigenvalue weighted by Crippen LogP contribution is 2.31. The second-order valence-corrected chi connectivity index (χ2v) is 14.4. The van der Waals surface area contributed by atoms with Crippen LogP contribution in [-0.2, 0) is 4.74 Å². The minimum absolute atomic E-state index is 0.0549. The normalized spacial score (nSPS) is 18.5. The topological polar surface area (TPSA) is 49.8 Å². The Bertz CT molecular complexity index is 504. The van der Waals surface area contributed by atoms with E-state index in [4.69, 9.17) is 4.74 Å². The van der Waals surface area contributed by atoms with Crippen LogP contribution < -0.4 is 0 Å². The Morgan fingerprint density at radius 1 is 1.23 bits per heavy atom. The highest BCUT2D eigenvalue weighted by Gasteiger charge is 2.36. The molecule has 1 N–H and O–H groups in total. The average Bonchev–Trinajstić information content (AvgIpc) is 2.49. The molecule has 0 unspecified atom stereocenters. The third-order valence-corrected chi connectivity index (χ3v) is 5.51. The van der Waals surface area contributed by atoms with Gasteiger partial charge in [-0.15, -0.1) is 5.54 Å². The molecule has 0 aliphatic heterocycles. The van der Waals surface area contributed by atoms with Gasteiger partial charge in [-0.05, 0) is 52.9 Å². The van der Waals surface area contributed by atoms with Crippen molar-refractivity contribution in [1.29, 1.82) is 0 Å². The van der Waals surface area contributed by atoms with Crippen LogP contribution in [0.2, 0.25) is 19.6 Å². The van der Waals surface area contributed by atoms with Gasteiger partial charge in [0.05, 0.1) is 6.04 Å². The van der Waals surface area contributed by atoms with Gasteiger partial charge in [0.25, 0.3) is 0 Å². The number of aliphatic hydroxyl groups is 1. The molecule has 26 heavy (non-hydrogen) atoms. The number of hydrogen-bond acceptors (Lipinski definition) is 3. The van der Waals surface area contributed by atoms with E-state index in [0.29, 0.717) is 12.3 Å². The summed E-state index contributed by atoms with van der Waals surface area (Å²) in [6, 6.07) is -0.226. The first kappa shape index (κ1) is 23.0. The van der Waals surface area contributed by atoms with Gasteiger partial charge in [0.15, 0.2) is 0 Å². The molecule has 0 heterocycles. The van der Waals surface area contributed by atoms with Gasteiger partial charge in [0.2, 0.25) is 0 Å². The Kier molecular flexibility index (Phi) is 8.69. The molecule has 1 fully saturated rings. The summed E-state index contributed by atoms with van der Waals surface area (Å²) in [5.74, 6) is 3.88. The molecule has 0 spiro atoms. The first-order chi connectivity index (χ1) is 11.9. The largest absolute Gasteiger partial charge is 0.444 e. The first-order valence-corrected chi connectivity index (χ1v) is 13.6. The van der Waals surface area contributed by atoms with Crippen LogP contribution in [0.25, 0.3) is 0 Å². The molecule has 0 aromatic carbocycles. The minimum atomic E-state index is -1.55. The van der Waals surface area contributed by atoms with E-state index in [0.717, 1.165) is 12.8 Å². The summed E-state index contributed by atoms with van der Waals surface area (Å²) in [6.45, 7) is 14.4. The van der Waals surface area contributed by atoms with Gasteiger partial charge in [-0.3, -0.25) is 4.90 Å². The van der Waals surface area contributed by atoms with Crippen LogP contribution in [0.4, 0.5) is 4.79 Å². The molecule has 1 saturated carbocycles. The van der Waals surface area contributed by atoms with Gasteiger partial charge in [-0.1, -0.05) is 44.8 Å². The second kappa shape index (κ2) is 9.80. The molecule has 0 saturated heterocycles. The third-order valence-electron chi connectivity index (χ3n) is 4.62. The minimum Gasteiger partial charge on any atom is -0.444 e. The summed E-state index contributed by atoms with van der Waals surface area (Å²) in [6.07, 6.45) is 6.12. The van der Waals surface area contributed by atoms with Crippen molar-refractivity contribution in [3.05, 3.63) is 0 Å². The smallest absolute Gasteiger partial charge is 0.411 e. The van der Waals surface area contributed by atoms with Gasteiger partial charge in [-0.25, -0.2) is 4.79 Å². The zero-order valence-electron chi connectivity index (χ0n) is 17.9. The van der Waals surface area contributed by atoms with Gasteiger partial charge in [0, 0.05) is 12.6 Å². The van der Waals surface area contributed by atoms with E-state index in [2.05, 4.69) is 31.1 Å². The Morgan fingerprint density at radius 3 is 2.27 bits per heavy atom. The zero-order valence-corrected chi connectivity index (χ0v) is 18.9. The van der Waals surface area contributed by atoms with Crippen molar-refractivity contribution < 1.29 is 14.6 Å². The number of ether oxygens (including phenoxy) is 1. The predicted molar refractivity (Wildman–Crippen MR) is 111 cm³/mol. The summed E-state index contributed by atoms with van der Waals surface area (Å²) in [5, 5.41) is 9.44. The lowest BCUT2D eigenvalue weighted by atomic mass is 9.83. The molecule has 0 bridgehead atoms. The van der Waals surface area contributed by atoms with Crippen molar-refractivity contribution >= 4 is 14.2 Å². The summed E-state index contributed by atoms with van der Waals surface area (Å²) < 4.78 is 5.72. The maximum atomic E-state index is 13.0. The Morgan fingerprint density at radius 2 is 1.81 bits per heavy atom. The number of amides is 1. The summed E-state index contributed by atoms with van der Waals surface area (Å²) in [5.41, 5.74) is 2.95. The molecule has 1 rings (SSSR count). The number of carbonyl (C=O) groups is 1. The van der Waals surface area contributed by atoms with Crippen molar-refractivity contribution in [2.75, 3.05) is 6.61 Å². The summed E-state index contributed by atoms with van der Waals surface area (Å²) >= 11 is 0. The van der Waals surface area contributed by atoms with E-state index in [1.54, 1.807) is 0 Å². The average molecular weight is 382 g/mol. The van der Waals surface area contributed by atoms with E-state index < -0.39 is 13.7 Å². The first-order valence-electron chi connectivity index (χ1n) is 10.1. The SMILES string of the molecule is C[C@@H](CCO)N(C(=O)OC(C)(C)C)[C@@H](C#C[Si](C)(C)C)C1CCCCC1. The molecule has 0 aromatic rings. The molecule has 0 aromatic heterocycles. The molecular formula is C21H39NO3Si. The van der Waals surface area contributed by atoms with Crippen molar-refractivity contribution in [2.45, 2.75) is 104 Å². The fourth-order valence-corrected chi connectivity index (χ4v) is 3.94. The maximum absolute atomic E-state index is 13.0. The molecule has 1 amide bonds. The highest BCUT2D eigenvalue weighted by molar-refractivity contribution is 6.83. The van der Waals surface area contributed by atoms with Crippen LogP contribution >= 0.6 is 0 Å². The van der Waals surface area contributed by atoms with Crippen LogP contribution in [0.1, 0.15) is 66.2 Å². The van der Waals surface area contributed by atoms with Gasteiger partial charge < -0.3 is 9.84 Å². The van der Waals surface area contributed by atoms with Gasteiger partial charge in [0.1, 0.15) is 13.7 Å². The number of hydrogen-bond donors (Lipinski definition) is 1. The number of aliphatic hydroxyl groups excluding tert-OH is 1. The van der Waals surface area contributed by atoms with Crippen LogP contribution in [0.3, 0.4) is 0 Å². The molecule has 4 nitrogen and oxygen atoms in total. The van der Waals surface area contributed by atoms with Gasteiger partial charge >= 0.3 is 6.09 Å². The lowest BCUT2D eigenvalue weighted by molar-refractivity contribution is 0.00185.